The minimum atomic E-state index is -0.900. The predicted molar refractivity (Wildman–Crippen MR) is 158 cm³/mol. The Labute approximate surface area is 257 Å². The van der Waals surface area contributed by atoms with E-state index in [0.29, 0.717) is 60.9 Å². The van der Waals surface area contributed by atoms with E-state index in [2.05, 4.69) is 4.98 Å². The summed E-state index contributed by atoms with van der Waals surface area (Å²) in [6.45, 7) is 1.72. The van der Waals surface area contributed by atoms with Crippen molar-refractivity contribution in [3.05, 3.63) is 92.7 Å². The molecule has 2 saturated heterocycles. The SMILES string of the molecule is O=C(C1CC1c1ccc(F)c(F)c1)N1C[C@H]2CCCN(C(=O)Cn3c(SCc4ccc(F)cc4)nc(=O)c4c3CCC4)[C@H]2C1. The number of rotatable bonds is 7. The van der Waals surface area contributed by atoms with Crippen LogP contribution in [-0.4, -0.2) is 56.8 Å². The molecule has 2 aromatic carbocycles. The molecule has 0 radical (unpaired) electrons. The highest BCUT2D eigenvalue weighted by Crippen LogP contribution is 2.49. The van der Waals surface area contributed by atoms with E-state index in [9.17, 15) is 27.6 Å². The average molecular weight is 623 g/mol. The largest absolute Gasteiger partial charge is 0.340 e. The number of fused-ring (bicyclic) bond motifs is 2. The number of amides is 2. The lowest BCUT2D eigenvalue weighted by Crippen LogP contribution is -2.50. The van der Waals surface area contributed by atoms with Gasteiger partial charge in [-0.15, -0.1) is 0 Å². The van der Waals surface area contributed by atoms with Crippen molar-refractivity contribution in [2.75, 3.05) is 19.6 Å². The molecular weight excluding hydrogens is 589 g/mol. The van der Waals surface area contributed by atoms with Crippen LogP contribution in [0.15, 0.2) is 52.4 Å². The minimum absolute atomic E-state index is 0.0171. The quantitative estimate of drug-likeness (QED) is 0.282. The normalized spacial score (nSPS) is 23.9. The third-order valence-corrected chi connectivity index (χ3v) is 10.7. The first-order valence-electron chi connectivity index (χ1n) is 15.3. The molecule has 0 spiro atoms. The molecule has 11 heteroatoms. The summed E-state index contributed by atoms with van der Waals surface area (Å²) in [4.78, 5) is 48.4. The first kappa shape index (κ1) is 29.1. The summed E-state index contributed by atoms with van der Waals surface area (Å²) in [6.07, 6.45) is 4.59. The predicted octanol–water partition coefficient (Wildman–Crippen LogP) is 4.69. The summed E-state index contributed by atoms with van der Waals surface area (Å²) in [5.41, 5.74) is 2.84. The second-order valence-corrected chi connectivity index (χ2v) is 13.3. The third kappa shape index (κ3) is 5.55. The highest BCUT2D eigenvalue weighted by atomic mass is 32.2. The lowest BCUT2D eigenvalue weighted by atomic mass is 9.92. The fraction of sp³-hybridized carbons (Fsp3) is 0.455. The Balaban J connectivity index is 1.06. The van der Waals surface area contributed by atoms with E-state index in [1.807, 2.05) is 14.4 Å². The van der Waals surface area contributed by atoms with E-state index in [1.54, 1.807) is 18.2 Å². The molecule has 4 aliphatic rings. The molecule has 1 aromatic heterocycles. The van der Waals surface area contributed by atoms with Crippen molar-refractivity contribution in [2.24, 2.45) is 11.8 Å². The van der Waals surface area contributed by atoms with Gasteiger partial charge in [0.05, 0.1) is 6.04 Å². The average Bonchev–Trinajstić information content (AvgIpc) is 3.43. The summed E-state index contributed by atoms with van der Waals surface area (Å²) in [5.74, 6) is -1.84. The minimum Gasteiger partial charge on any atom is -0.340 e. The van der Waals surface area contributed by atoms with Gasteiger partial charge in [0.15, 0.2) is 16.8 Å². The fourth-order valence-corrected chi connectivity index (χ4v) is 8.26. The van der Waals surface area contributed by atoms with Crippen molar-refractivity contribution in [1.82, 2.24) is 19.4 Å². The lowest BCUT2D eigenvalue weighted by molar-refractivity contribution is -0.137. The number of halogens is 3. The standard InChI is InChI=1S/C33H33F3N4O3S/c34-22-9-6-19(7-10-22)18-44-33-37-31(42)23-4-1-5-28(23)40(33)17-30(41)39-12-2-3-21-15-38(16-29(21)39)32(43)25-14-24(25)20-8-11-26(35)27(36)13-20/h6-11,13,21,24-25,29H,1-5,12,14-18H2/t21-,24?,25?,29+/m1/s1. The first-order valence-corrected chi connectivity index (χ1v) is 16.3. The molecule has 2 aliphatic heterocycles. The molecule has 0 N–H and O–H groups in total. The molecule has 7 rings (SSSR count). The van der Waals surface area contributed by atoms with E-state index >= 15 is 0 Å². The zero-order chi connectivity index (χ0) is 30.5. The first-order chi connectivity index (χ1) is 21.3. The van der Waals surface area contributed by atoms with Gasteiger partial charge < -0.3 is 14.4 Å². The molecule has 44 heavy (non-hydrogen) atoms. The highest BCUT2D eigenvalue weighted by Gasteiger charge is 2.50. The summed E-state index contributed by atoms with van der Waals surface area (Å²) in [6, 6.07) is 9.96. The maximum Gasteiger partial charge on any atom is 0.277 e. The highest BCUT2D eigenvalue weighted by molar-refractivity contribution is 7.98. The molecule has 4 atom stereocenters. The van der Waals surface area contributed by atoms with Crippen LogP contribution in [-0.2, 0) is 34.7 Å². The van der Waals surface area contributed by atoms with E-state index in [1.165, 1.54) is 30.0 Å². The number of aromatic nitrogens is 2. The maximum atomic E-state index is 14.0. The van der Waals surface area contributed by atoms with Crippen molar-refractivity contribution in [1.29, 1.82) is 0 Å². The summed E-state index contributed by atoms with van der Waals surface area (Å²) in [7, 11) is 0. The Morgan fingerprint density at radius 1 is 0.977 bits per heavy atom. The van der Waals surface area contributed by atoms with Crippen LogP contribution in [0.3, 0.4) is 0 Å². The molecule has 1 saturated carbocycles. The topological polar surface area (TPSA) is 75.5 Å². The Morgan fingerprint density at radius 3 is 2.59 bits per heavy atom. The van der Waals surface area contributed by atoms with Gasteiger partial charge in [-0.25, -0.2) is 13.2 Å². The van der Waals surface area contributed by atoms with Gasteiger partial charge in [0.1, 0.15) is 12.4 Å². The van der Waals surface area contributed by atoms with Crippen LogP contribution in [0, 0.1) is 29.3 Å². The van der Waals surface area contributed by atoms with Crippen molar-refractivity contribution >= 4 is 23.6 Å². The van der Waals surface area contributed by atoms with Gasteiger partial charge in [0.25, 0.3) is 5.56 Å². The van der Waals surface area contributed by atoms with Crippen LogP contribution < -0.4 is 5.56 Å². The number of benzene rings is 2. The number of hydrogen-bond donors (Lipinski definition) is 0. The van der Waals surface area contributed by atoms with Gasteiger partial charge in [0.2, 0.25) is 11.8 Å². The van der Waals surface area contributed by atoms with E-state index < -0.39 is 11.6 Å². The molecule has 230 valence electrons. The lowest BCUT2D eigenvalue weighted by Gasteiger charge is -2.37. The van der Waals surface area contributed by atoms with Gasteiger partial charge in [-0.05, 0) is 85.8 Å². The summed E-state index contributed by atoms with van der Waals surface area (Å²) in [5, 5.41) is 0.488. The smallest absolute Gasteiger partial charge is 0.277 e. The van der Waals surface area contributed by atoms with Crippen molar-refractivity contribution < 1.29 is 22.8 Å². The number of carbonyl (C=O) groups is 2. The van der Waals surface area contributed by atoms with E-state index in [-0.39, 0.29) is 53.5 Å². The summed E-state index contributed by atoms with van der Waals surface area (Å²) < 4.78 is 42.5. The van der Waals surface area contributed by atoms with Gasteiger partial charge in [-0.2, -0.15) is 4.98 Å². The van der Waals surface area contributed by atoms with E-state index in [4.69, 9.17) is 0 Å². The fourth-order valence-electron chi connectivity index (χ4n) is 7.30. The van der Waals surface area contributed by atoms with Crippen LogP contribution >= 0.6 is 11.8 Å². The third-order valence-electron chi connectivity index (χ3n) is 9.67. The van der Waals surface area contributed by atoms with Gasteiger partial charge >= 0.3 is 0 Å². The Hall–Kier alpha value is -3.60. The molecule has 7 nitrogen and oxygen atoms in total. The maximum absolute atomic E-state index is 14.0. The van der Waals surface area contributed by atoms with Crippen LogP contribution in [0.1, 0.15) is 54.0 Å². The van der Waals surface area contributed by atoms with Crippen molar-refractivity contribution in [3.8, 4) is 0 Å². The molecule has 3 aromatic rings. The molecule has 0 bridgehead atoms. The van der Waals surface area contributed by atoms with Crippen LogP contribution in [0.25, 0.3) is 0 Å². The van der Waals surface area contributed by atoms with Crippen LogP contribution in [0.4, 0.5) is 13.2 Å². The van der Waals surface area contributed by atoms with Gasteiger partial charge in [-0.1, -0.05) is 30.0 Å². The monoisotopic (exact) mass is 622 g/mol. The Kier molecular flexibility index (Phi) is 7.76. The summed E-state index contributed by atoms with van der Waals surface area (Å²) >= 11 is 1.37. The molecular formula is C33H33F3N4O3S. The molecule has 2 unspecified atom stereocenters. The zero-order valence-corrected chi connectivity index (χ0v) is 25.0. The number of piperidine rings is 1. The number of nitrogens with zero attached hydrogens (tertiary/aromatic N) is 4. The molecule has 3 fully saturated rings. The number of carbonyl (C=O) groups excluding carboxylic acids is 2. The van der Waals surface area contributed by atoms with Gasteiger partial charge in [-0.3, -0.25) is 14.4 Å². The molecule has 3 heterocycles. The second-order valence-electron chi connectivity index (χ2n) is 12.4. The Morgan fingerprint density at radius 2 is 1.80 bits per heavy atom. The number of likely N-dealkylation sites (tertiary alicyclic amines) is 2. The number of hydrogen-bond acceptors (Lipinski definition) is 5. The molecule has 2 amide bonds. The van der Waals surface area contributed by atoms with Crippen molar-refractivity contribution in [3.63, 3.8) is 0 Å². The Bertz CT molecular complexity index is 1680. The van der Waals surface area contributed by atoms with E-state index in [0.717, 1.165) is 36.6 Å². The zero-order valence-electron chi connectivity index (χ0n) is 24.2. The number of thioether (sulfide) groups is 1. The van der Waals surface area contributed by atoms with Crippen LogP contribution in [0.5, 0.6) is 0 Å². The van der Waals surface area contributed by atoms with Crippen LogP contribution in [0.2, 0.25) is 0 Å². The second kappa shape index (κ2) is 11.7. The van der Waals surface area contributed by atoms with Crippen molar-refractivity contribution in [2.45, 2.75) is 67.9 Å². The molecule has 2 aliphatic carbocycles. The van der Waals surface area contributed by atoms with Gasteiger partial charge in [0, 0.05) is 42.6 Å².